The Kier molecular flexibility index (Phi) is 5.96. The van der Waals surface area contributed by atoms with Gasteiger partial charge >= 0.3 is 0 Å². The zero-order valence-corrected chi connectivity index (χ0v) is 14.4. The number of aromatic amines is 1. The number of carbonyl (C=O) groups excluding carboxylic acids is 2. The number of pyridine rings is 1. The summed E-state index contributed by atoms with van der Waals surface area (Å²) in [7, 11) is 0. The van der Waals surface area contributed by atoms with Gasteiger partial charge in [-0.2, -0.15) is 0 Å². The molecule has 26 heavy (non-hydrogen) atoms. The first-order valence-electron chi connectivity index (χ1n) is 8.79. The van der Waals surface area contributed by atoms with E-state index in [1.807, 2.05) is 18.2 Å². The summed E-state index contributed by atoms with van der Waals surface area (Å²) in [4.78, 5) is 35.1. The number of hydrogen-bond donors (Lipinski definition) is 4. The summed E-state index contributed by atoms with van der Waals surface area (Å²) in [6.07, 6.45) is 6.42. The molecule has 138 valence electrons. The summed E-state index contributed by atoms with van der Waals surface area (Å²) < 4.78 is 0. The maximum atomic E-state index is 12.3. The predicted octanol–water partition coefficient (Wildman–Crippen LogP) is 0.423. The average Bonchev–Trinajstić information content (AvgIpc) is 3.30. The van der Waals surface area contributed by atoms with Crippen molar-refractivity contribution in [3.8, 4) is 0 Å². The molecule has 1 aliphatic rings. The highest BCUT2D eigenvalue weighted by Gasteiger charge is 2.37. The van der Waals surface area contributed by atoms with Crippen LogP contribution in [0.15, 0.2) is 36.8 Å². The molecular weight excluding hydrogens is 334 g/mol. The van der Waals surface area contributed by atoms with E-state index in [2.05, 4.69) is 25.6 Å². The van der Waals surface area contributed by atoms with Gasteiger partial charge in [0.25, 0.3) is 5.91 Å². The van der Waals surface area contributed by atoms with Gasteiger partial charge in [0.15, 0.2) is 5.82 Å². The summed E-state index contributed by atoms with van der Waals surface area (Å²) >= 11 is 0. The highest BCUT2D eigenvalue weighted by Crippen LogP contribution is 2.26. The molecule has 1 fully saturated rings. The minimum absolute atomic E-state index is 0.0835. The van der Waals surface area contributed by atoms with Gasteiger partial charge in [-0.25, -0.2) is 4.98 Å². The van der Waals surface area contributed by atoms with Gasteiger partial charge in [-0.1, -0.05) is 6.07 Å². The molecule has 1 aliphatic carbocycles. The lowest BCUT2D eigenvalue weighted by Gasteiger charge is -2.15. The molecule has 2 amide bonds. The number of hydrogen-bond acceptors (Lipinski definition) is 5. The number of nitrogens with one attached hydrogen (secondary N) is 3. The van der Waals surface area contributed by atoms with E-state index in [0.29, 0.717) is 19.4 Å². The Hall–Kier alpha value is -2.74. The van der Waals surface area contributed by atoms with Gasteiger partial charge in [0.1, 0.15) is 0 Å². The number of aliphatic hydroxyl groups is 1. The van der Waals surface area contributed by atoms with Crippen LogP contribution in [0.5, 0.6) is 0 Å². The standard InChI is InChI=1S/C18H23N5O3/c24-15-11-12(10-14(15)23-18(26)16-20-8-9-21-16)17(25)22-7-3-5-13-4-1-2-6-19-13/h1-2,4,6,8-9,12,14-15,24H,3,5,7,10-11H2,(H,20,21)(H,22,25)(H,23,26)/t12-,14-,15-/m0/s1. The molecule has 8 heteroatoms. The van der Waals surface area contributed by atoms with Gasteiger partial charge in [0, 0.05) is 36.7 Å². The maximum absolute atomic E-state index is 12.3. The van der Waals surface area contributed by atoms with Crippen molar-refractivity contribution in [2.24, 2.45) is 5.92 Å². The minimum Gasteiger partial charge on any atom is -0.391 e. The van der Waals surface area contributed by atoms with E-state index in [1.54, 1.807) is 12.4 Å². The Bertz CT molecular complexity index is 720. The lowest BCUT2D eigenvalue weighted by atomic mass is 10.1. The summed E-state index contributed by atoms with van der Waals surface area (Å²) in [5.74, 6) is -0.573. The first-order chi connectivity index (χ1) is 12.6. The van der Waals surface area contributed by atoms with Crippen LogP contribution in [0.4, 0.5) is 0 Å². The summed E-state index contributed by atoms with van der Waals surface area (Å²) in [6, 6.07) is 5.33. The number of H-pyrrole nitrogens is 1. The second-order valence-corrected chi connectivity index (χ2v) is 6.47. The Morgan fingerprint density at radius 2 is 2.12 bits per heavy atom. The highest BCUT2D eigenvalue weighted by atomic mass is 16.3. The summed E-state index contributed by atoms with van der Waals surface area (Å²) in [5.41, 5.74) is 0.999. The van der Waals surface area contributed by atoms with Crippen LogP contribution >= 0.6 is 0 Å². The Balaban J connectivity index is 1.40. The molecule has 0 spiro atoms. The van der Waals surface area contributed by atoms with Crippen molar-refractivity contribution in [3.63, 3.8) is 0 Å². The highest BCUT2D eigenvalue weighted by molar-refractivity contribution is 5.90. The van der Waals surface area contributed by atoms with Crippen LogP contribution in [-0.2, 0) is 11.2 Å². The predicted molar refractivity (Wildman–Crippen MR) is 94.1 cm³/mol. The fourth-order valence-electron chi connectivity index (χ4n) is 3.18. The topological polar surface area (TPSA) is 120 Å². The first-order valence-corrected chi connectivity index (χ1v) is 8.79. The van der Waals surface area contributed by atoms with Crippen LogP contribution in [-0.4, -0.2) is 50.6 Å². The molecule has 4 N–H and O–H groups in total. The fraction of sp³-hybridized carbons (Fsp3) is 0.444. The largest absolute Gasteiger partial charge is 0.391 e. The van der Waals surface area contributed by atoms with Crippen LogP contribution < -0.4 is 10.6 Å². The van der Waals surface area contributed by atoms with E-state index in [0.717, 1.165) is 18.5 Å². The molecule has 2 aromatic heterocycles. The maximum Gasteiger partial charge on any atom is 0.287 e. The number of imidazole rings is 1. The van der Waals surface area contributed by atoms with Crippen molar-refractivity contribution in [1.29, 1.82) is 0 Å². The van der Waals surface area contributed by atoms with Crippen molar-refractivity contribution in [2.75, 3.05) is 6.54 Å². The third-order valence-corrected chi connectivity index (χ3v) is 4.56. The number of carbonyl (C=O) groups is 2. The van der Waals surface area contributed by atoms with Crippen LogP contribution in [0.1, 0.15) is 35.6 Å². The molecule has 3 atom stereocenters. The molecule has 2 heterocycles. The normalized spacial score (nSPS) is 22.1. The van der Waals surface area contributed by atoms with Crippen molar-refractivity contribution < 1.29 is 14.7 Å². The molecule has 2 aromatic rings. The minimum atomic E-state index is -0.738. The molecule has 0 radical (unpaired) electrons. The first kappa shape index (κ1) is 18.1. The van der Waals surface area contributed by atoms with Gasteiger partial charge in [-0.05, 0) is 37.8 Å². The number of amides is 2. The van der Waals surface area contributed by atoms with E-state index in [9.17, 15) is 14.7 Å². The fourth-order valence-corrected chi connectivity index (χ4v) is 3.18. The Labute approximate surface area is 151 Å². The molecule has 0 saturated heterocycles. The average molecular weight is 357 g/mol. The second kappa shape index (κ2) is 8.57. The van der Waals surface area contributed by atoms with Crippen LogP contribution in [0.25, 0.3) is 0 Å². The number of aromatic nitrogens is 3. The lowest BCUT2D eigenvalue weighted by Crippen LogP contribution is -2.40. The van der Waals surface area contributed by atoms with Crippen molar-refractivity contribution in [1.82, 2.24) is 25.6 Å². The summed E-state index contributed by atoms with van der Waals surface area (Å²) in [5, 5.41) is 15.8. The van der Waals surface area contributed by atoms with Gasteiger partial charge in [-0.3, -0.25) is 14.6 Å². The third-order valence-electron chi connectivity index (χ3n) is 4.56. The number of aliphatic hydroxyl groups excluding tert-OH is 1. The molecule has 3 rings (SSSR count). The molecule has 0 aromatic carbocycles. The molecule has 0 aliphatic heterocycles. The molecular formula is C18H23N5O3. The zero-order chi connectivity index (χ0) is 18.4. The molecule has 1 saturated carbocycles. The second-order valence-electron chi connectivity index (χ2n) is 6.47. The smallest absolute Gasteiger partial charge is 0.287 e. The van der Waals surface area contributed by atoms with Gasteiger partial charge < -0.3 is 20.7 Å². The van der Waals surface area contributed by atoms with Crippen molar-refractivity contribution >= 4 is 11.8 Å². The van der Waals surface area contributed by atoms with E-state index in [-0.39, 0.29) is 23.6 Å². The van der Waals surface area contributed by atoms with Crippen LogP contribution in [0.2, 0.25) is 0 Å². The van der Waals surface area contributed by atoms with E-state index < -0.39 is 12.1 Å². The third kappa shape index (κ3) is 4.66. The Morgan fingerprint density at radius 1 is 1.23 bits per heavy atom. The van der Waals surface area contributed by atoms with Crippen molar-refractivity contribution in [3.05, 3.63) is 48.3 Å². The van der Waals surface area contributed by atoms with E-state index in [4.69, 9.17) is 0 Å². The number of rotatable bonds is 7. The summed E-state index contributed by atoms with van der Waals surface area (Å²) in [6.45, 7) is 0.561. The van der Waals surface area contributed by atoms with E-state index >= 15 is 0 Å². The zero-order valence-electron chi connectivity index (χ0n) is 14.4. The Morgan fingerprint density at radius 3 is 2.85 bits per heavy atom. The van der Waals surface area contributed by atoms with Crippen molar-refractivity contribution in [2.45, 2.75) is 37.8 Å². The van der Waals surface area contributed by atoms with E-state index in [1.165, 1.54) is 6.20 Å². The van der Waals surface area contributed by atoms with Crippen LogP contribution in [0.3, 0.4) is 0 Å². The monoisotopic (exact) mass is 357 g/mol. The van der Waals surface area contributed by atoms with Gasteiger partial charge in [-0.15, -0.1) is 0 Å². The van der Waals surface area contributed by atoms with Crippen LogP contribution in [0, 0.1) is 5.92 Å². The molecule has 0 bridgehead atoms. The number of nitrogens with zero attached hydrogens (tertiary/aromatic N) is 2. The van der Waals surface area contributed by atoms with Gasteiger partial charge in [0.05, 0.1) is 12.1 Å². The van der Waals surface area contributed by atoms with Gasteiger partial charge in [0.2, 0.25) is 5.91 Å². The molecule has 8 nitrogen and oxygen atoms in total. The quantitative estimate of drug-likeness (QED) is 0.536. The SMILES string of the molecule is O=C(N[C@H]1C[C@H](C(=O)NCCCc2ccccn2)C[C@@H]1O)c1ncc[nH]1. The number of aryl methyl sites for hydroxylation is 1. The molecule has 0 unspecified atom stereocenters. The lowest BCUT2D eigenvalue weighted by molar-refractivity contribution is -0.125.